The zero-order chi connectivity index (χ0) is 15.5. The maximum absolute atomic E-state index is 12.3. The summed E-state index contributed by atoms with van der Waals surface area (Å²) < 4.78 is 0. The summed E-state index contributed by atoms with van der Waals surface area (Å²) in [5, 5.41) is 3.53. The SMILES string of the molecule is CC(C)(C)C1CCCCC1(NCc1ccccc1)C(N)=O. The van der Waals surface area contributed by atoms with E-state index < -0.39 is 5.54 Å². The Morgan fingerprint density at radius 3 is 2.52 bits per heavy atom. The second-order valence-corrected chi connectivity index (χ2v) is 7.34. The standard InChI is InChI=1S/C18H28N2O/c1-17(2,3)15-11-7-8-12-18(15,16(19)21)20-13-14-9-5-4-6-10-14/h4-6,9-10,15,20H,7-8,11-13H2,1-3H3,(H2,19,21). The number of benzene rings is 1. The molecule has 1 aliphatic rings. The number of amides is 1. The first-order valence-corrected chi connectivity index (χ1v) is 7.95. The van der Waals surface area contributed by atoms with Crippen LogP contribution in [0.15, 0.2) is 30.3 Å². The molecule has 1 fully saturated rings. The van der Waals surface area contributed by atoms with Crippen LogP contribution in [0, 0.1) is 11.3 Å². The summed E-state index contributed by atoms with van der Waals surface area (Å²) in [7, 11) is 0. The molecule has 1 saturated carbocycles. The highest BCUT2D eigenvalue weighted by atomic mass is 16.1. The minimum Gasteiger partial charge on any atom is -0.368 e. The molecule has 0 aliphatic heterocycles. The number of carbonyl (C=O) groups excluding carboxylic acids is 1. The van der Waals surface area contributed by atoms with Crippen molar-refractivity contribution < 1.29 is 4.79 Å². The second-order valence-electron chi connectivity index (χ2n) is 7.34. The Morgan fingerprint density at radius 2 is 1.95 bits per heavy atom. The smallest absolute Gasteiger partial charge is 0.238 e. The van der Waals surface area contributed by atoms with E-state index in [0.29, 0.717) is 6.54 Å². The second kappa shape index (κ2) is 6.18. The van der Waals surface area contributed by atoms with Crippen LogP contribution in [-0.4, -0.2) is 11.4 Å². The Bertz CT molecular complexity index is 478. The van der Waals surface area contributed by atoms with E-state index in [-0.39, 0.29) is 17.2 Å². The van der Waals surface area contributed by atoms with E-state index in [1.165, 1.54) is 12.0 Å². The van der Waals surface area contributed by atoms with Gasteiger partial charge in [-0.25, -0.2) is 0 Å². The number of carbonyl (C=O) groups is 1. The zero-order valence-corrected chi connectivity index (χ0v) is 13.5. The minimum atomic E-state index is -0.577. The summed E-state index contributed by atoms with van der Waals surface area (Å²) in [6, 6.07) is 10.2. The zero-order valence-electron chi connectivity index (χ0n) is 13.5. The molecular formula is C18H28N2O. The fraction of sp³-hybridized carbons (Fsp3) is 0.611. The van der Waals surface area contributed by atoms with Crippen molar-refractivity contribution in [2.24, 2.45) is 17.1 Å². The van der Waals surface area contributed by atoms with Crippen molar-refractivity contribution in [3.63, 3.8) is 0 Å². The van der Waals surface area contributed by atoms with Gasteiger partial charge in [0.2, 0.25) is 5.91 Å². The van der Waals surface area contributed by atoms with Gasteiger partial charge in [-0.15, -0.1) is 0 Å². The van der Waals surface area contributed by atoms with Crippen LogP contribution in [0.3, 0.4) is 0 Å². The summed E-state index contributed by atoms with van der Waals surface area (Å²) >= 11 is 0. The van der Waals surface area contributed by atoms with E-state index >= 15 is 0 Å². The average molecular weight is 288 g/mol. The third-order valence-electron chi connectivity index (χ3n) is 4.84. The van der Waals surface area contributed by atoms with E-state index in [9.17, 15) is 4.79 Å². The Hall–Kier alpha value is -1.35. The molecule has 3 N–H and O–H groups in total. The van der Waals surface area contributed by atoms with Gasteiger partial charge >= 0.3 is 0 Å². The molecule has 21 heavy (non-hydrogen) atoms. The Morgan fingerprint density at radius 1 is 1.29 bits per heavy atom. The molecule has 3 nitrogen and oxygen atoms in total. The molecule has 2 rings (SSSR count). The predicted octanol–water partition coefficient (Wildman–Crippen LogP) is 3.24. The van der Waals surface area contributed by atoms with E-state index in [4.69, 9.17) is 5.73 Å². The van der Waals surface area contributed by atoms with Crippen LogP contribution < -0.4 is 11.1 Å². The molecule has 2 atom stereocenters. The highest BCUT2D eigenvalue weighted by Crippen LogP contribution is 2.44. The van der Waals surface area contributed by atoms with Gasteiger partial charge in [-0.05, 0) is 29.7 Å². The van der Waals surface area contributed by atoms with Gasteiger partial charge in [0.25, 0.3) is 0 Å². The minimum absolute atomic E-state index is 0.0686. The van der Waals surface area contributed by atoms with Crippen LogP contribution in [0.2, 0.25) is 0 Å². The van der Waals surface area contributed by atoms with Crippen molar-refractivity contribution in [2.45, 2.75) is 58.5 Å². The van der Waals surface area contributed by atoms with E-state index in [0.717, 1.165) is 19.3 Å². The first-order valence-electron chi connectivity index (χ1n) is 7.95. The lowest BCUT2D eigenvalue weighted by Crippen LogP contribution is -2.63. The number of rotatable bonds is 4. The van der Waals surface area contributed by atoms with Gasteiger partial charge in [-0.2, -0.15) is 0 Å². The van der Waals surface area contributed by atoms with E-state index in [2.05, 4.69) is 38.2 Å². The van der Waals surface area contributed by atoms with Crippen molar-refractivity contribution in [1.29, 1.82) is 0 Å². The summed E-state index contributed by atoms with van der Waals surface area (Å²) in [4.78, 5) is 12.3. The molecule has 1 aromatic carbocycles. The highest BCUT2D eigenvalue weighted by molar-refractivity contribution is 5.85. The van der Waals surface area contributed by atoms with Gasteiger partial charge in [-0.1, -0.05) is 63.9 Å². The van der Waals surface area contributed by atoms with Crippen LogP contribution in [0.4, 0.5) is 0 Å². The van der Waals surface area contributed by atoms with Crippen molar-refractivity contribution in [3.8, 4) is 0 Å². The van der Waals surface area contributed by atoms with Crippen LogP contribution in [0.1, 0.15) is 52.0 Å². The first kappa shape index (κ1) is 16.0. The van der Waals surface area contributed by atoms with Gasteiger partial charge in [0.05, 0.1) is 0 Å². The predicted molar refractivity (Wildman–Crippen MR) is 86.6 cm³/mol. The molecule has 0 aromatic heterocycles. The molecule has 0 spiro atoms. The lowest BCUT2D eigenvalue weighted by atomic mass is 9.61. The molecule has 0 radical (unpaired) electrons. The number of hydrogen-bond donors (Lipinski definition) is 2. The Kier molecular flexibility index (Phi) is 4.72. The maximum atomic E-state index is 12.3. The van der Waals surface area contributed by atoms with Crippen molar-refractivity contribution in [2.75, 3.05) is 0 Å². The highest BCUT2D eigenvalue weighted by Gasteiger charge is 2.49. The van der Waals surface area contributed by atoms with Crippen LogP contribution in [0.25, 0.3) is 0 Å². The van der Waals surface area contributed by atoms with Gasteiger partial charge in [-0.3, -0.25) is 10.1 Å². The summed E-state index contributed by atoms with van der Waals surface area (Å²) in [5.41, 5.74) is 6.53. The average Bonchev–Trinajstić information content (AvgIpc) is 2.45. The van der Waals surface area contributed by atoms with Gasteiger partial charge < -0.3 is 5.73 Å². The van der Waals surface area contributed by atoms with E-state index in [1.807, 2.05) is 18.2 Å². The number of nitrogens with one attached hydrogen (secondary N) is 1. The van der Waals surface area contributed by atoms with Crippen LogP contribution >= 0.6 is 0 Å². The third-order valence-corrected chi connectivity index (χ3v) is 4.84. The Labute approximate surface area is 128 Å². The molecule has 116 valence electrons. The molecule has 0 bridgehead atoms. The molecule has 2 unspecified atom stereocenters. The monoisotopic (exact) mass is 288 g/mol. The molecule has 1 aliphatic carbocycles. The molecule has 0 saturated heterocycles. The summed E-state index contributed by atoms with van der Waals surface area (Å²) in [6.45, 7) is 7.33. The summed E-state index contributed by atoms with van der Waals surface area (Å²) in [6.07, 6.45) is 4.16. The van der Waals surface area contributed by atoms with Crippen molar-refractivity contribution in [1.82, 2.24) is 5.32 Å². The Balaban J connectivity index is 2.23. The normalized spacial score (nSPS) is 26.5. The number of nitrogens with two attached hydrogens (primary N) is 1. The fourth-order valence-corrected chi connectivity index (χ4v) is 3.79. The molecule has 1 aromatic rings. The van der Waals surface area contributed by atoms with Gasteiger partial charge in [0.1, 0.15) is 5.54 Å². The fourth-order valence-electron chi connectivity index (χ4n) is 3.79. The van der Waals surface area contributed by atoms with Gasteiger partial charge in [0.15, 0.2) is 0 Å². The van der Waals surface area contributed by atoms with Gasteiger partial charge in [0, 0.05) is 6.54 Å². The quantitative estimate of drug-likeness (QED) is 0.893. The third kappa shape index (κ3) is 3.46. The summed E-state index contributed by atoms with van der Waals surface area (Å²) in [5.74, 6) is 0.0815. The topological polar surface area (TPSA) is 55.1 Å². The molecule has 0 heterocycles. The van der Waals surface area contributed by atoms with Crippen molar-refractivity contribution >= 4 is 5.91 Å². The lowest BCUT2D eigenvalue weighted by Gasteiger charge is -2.48. The van der Waals surface area contributed by atoms with Crippen LogP contribution in [-0.2, 0) is 11.3 Å². The lowest BCUT2D eigenvalue weighted by molar-refractivity contribution is -0.131. The molecule has 1 amide bonds. The van der Waals surface area contributed by atoms with Crippen molar-refractivity contribution in [3.05, 3.63) is 35.9 Å². The first-order chi connectivity index (χ1) is 9.86. The maximum Gasteiger partial charge on any atom is 0.238 e. The molecule has 3 heteroatoms. The number of hydrogen-bond acceptors (Lipinski definition) is 2. The largest absolute Gasteiger partial charge is 0.368 e. The molecular weight excluding hydrogens is 260 g/mol. The van der Waals surface area contributed by atoms with Crippen LogP contribution in [0.5, 0.6) is 0 Å². The van der Waals surface area contributed by atoms with E-state index in [1.54, 1.807) is 0 Å². The number of primary amides is 1.